The van der Waals surface area contributed by atoms with Crippen molar-refractivity contribution in [1.82, 2.24) is 0 Å². The fourth-order valence-electron chi connectivity index (χ4n) is 0.557. The molecule has 66 valence electrons. The van der Waals surface area contributed by atoms with Gasteiger partial charge >= 0.3 is 0 Å². The van der Waals surface area contributed by atoms with Crippen LogP contribution >= 0.6 is 0 Å². The predicted molar refractivity (Wildman–Crippen MR) is 56.3 cm³/mol. The van der Waals surface area contributed by atoms with Gasteiger partial charge in [-0.3, -0.25) is 4.99 Å². The van der Waals surface area contributed by atoms with E-state index in [9.17, 15) is 0 Å². The summed E-state index contributed by atoms with van der Waals surface area (Å²) in [6, 6.07) is 0. The van der Waals surface area contributed by atoms with Gasteiger partial charge in [0.25, 0.3) is 0 Å². The molecule has 0 rings (SSSR count). The highest BCUT2D eigenvalue weighted by Crippen LogP contribution is 2.15. The second-order valence-corrected chi connectivity index (χ2v) is 7.72. The minimum Gasteiger partial charge on any atom is -0.297 e. The van der Waals surface area contributed by atoms with Crippen molar-refractivity contribution in [3.8, 4) is 0 Å². The Kier molecular flexibility index (Phi) is 4.01. The minimum atomic E-state index is -0.486. The lowest BCUT2D eigenvalue weighted by molar-refractivity contribution is 0.586. The third-order valence-electron chi connectivity index (χ3n) is 1.78. The molecule has 0 heterocycles. The van der Waals surface area contributed by atoms with Crippen LogP contribution in [-0.4, -0.2) is 20.7 Å². The van der Waals surface area contributed by atoms with Gasteiger partial charge in [0.15, 0.2) is 0 Å². The largest absolute Gasteiger partial charge is 0.297 e. The molecule has 0 N–H and O–H groups in total. The molecule has 0 saturated heterocycles. The molecule has 0 aromatic heterocycles. The average Bonchev–Trinajstić information content (AvgIpc) is 1.80. The van der Waals surface area contributed by atoms with Gasteiger partial charge in [-0.15, -0.1) is 0 Å². The lowest BCUT2D eigenvalue weighted by Crippen LogP contribution is -2.19. The molecule has 0 atom stereocenters. The Morgan fingerprint density at radius 1 is 1.27 bits per heavy atom. The Morgan fingerprint density at radius 3 is 2.00 bits per heavy atom. The first kappa shape index (κ1) is 10.9. The van der Waals surface area contributed by atoms with Crippen LogP contribution in [0.3, 0.4) is 0 Å². The minimum absolute atomic E-state index is 0.267. The van der Waals surface area contributed by atoms with Gasteiger partial charge < -0.3 is 0 Å². The smallest absolute Gasteiger partial charge is 0.0563 e. The molecule has 0 aliphatic carbocycles. The Morgan fingerprint density at radius 2 is 1.73 bits per heavy atom. The van der Waals surface area contributed by atoms with E-state index in [2.05, 4.69) is 45.8 Å². The molecule has 0 spiro atoms. The molecule has 0 amide bonds. The van der Waals surface area contributed by atoms with Crippen LogP contribution < -0.4 is 0 Å². The highest BCUT2D eigenvalue weighted by Gasteiger charge is 2.13. The van der Waals surface area contributed by atoms with Gasteiger partial charge in [0, 0.05) is 11.9 Å². The molecule has 0 aliphatic rings. The number of aliphatic imine (C=N–C) groups is 1. The van der Waals surface area contributed by atoms with Crippen molar-refractivity contribution in [3.63, 3.8) is 0 Å². The van der Waals surface area contributed by atoms with Crippen molar-refractivity contribution in [2.45, 2.75) is 40.8 Å². The summed E-state index contributed by atoms with van der Waals surface area (Å²) >= 11 is 0. The van der Waals surface area contributed by atoms with E-state index < -0.39 is 8.80 Å². The maximum atomic E-state index is 4.57. The maximum absolute atomic E-state index is 4.57. The Bertz CT molecular complexity index is 142. The Labute approximate surface area is 72.5 Å². The van der Waals surface area contributed by atoms with E-state index in [0.29, 0.717) is 0 Å². The molecule has 0 aliphatic heterocycles. The van der Waals surface area contributed by atoms with Crippen molar-refractivity contribution in [3.05, 3.63) is 0 Å². The molecule has 2 heteroatoms. The highest BCUT2D eigenvalue weighted by atomic mass is 28.3. The van der Waals surface area contributed by atoms with Gasteiger partial charge in [0.2, 0.25) is 0 Å². The molecular formula is C9H21NSi. The van der Waals surface area contributed by atoms with E-state index in [1.165, 1.54) is 5.71 Å². The molecule has 0 aromatic rings. The normalized spacial score (nSPS) is 14.3. The molecule has 0 aromatic carbocycles. The van der Waals surface area contributed by atoms with Crippen LogP contribution in [0.2, 0.25) is 13.1 Å². The van der Waals surface area contributed by atoms with Crippen molar-refractivity contribution in [1.29, 1.82) is 0 Å². The third-order valence-corrected chi connectivity index (χ3v) is 2.69. The van der Waals surface area contributed by atoms with Crippen molar-refractivity contribution >= 4 is 14.5 Å². The zero-order valence-corrected chi connectivity index (χ0v) is 9.89. The molecule has 0 saturated carbocycles. The molecule has 11 heavy (non-hydrogen) atoms. The Hall–Kier alpha value is -0.113. The maximum Gasteiger partial charge on any atom is 0.0563 e. The van der Waals surface area contributed by atoms with Crippen LogP contribution in [0, 0.1) is 5.41 Å². The summed E-state index contributed by atoms with van der Waals surface area (Å²) in [6.07, 6.45) is 1.10. The monoisotopic (exact) mass is 171 g/mol. The number of rotatable bonds is 2. The van der Waals surface area contributed by atoms with Crippen LogP contribution in [-0.2, 0) is 0 Å². The first-order chi connectivity index (χ1) is 4.84. The van der Waals surface area contributed by atoms with Crippen LogP contribution in [0.1, 0.15) is 27.7 Å². The summed E-state index contributed by atoms with van der Waals surface area (Å²) < 4.78 is 0. The summed E-state index contributed by atoms with van der Waals surface area (Å²) in [5, 5.41) is 0. The lowest BCUT2D eigenvalue weighted by atomic mass is 9.91. The summed E-state index contributed by atoms with van der Waals surface area (Å²) in [7, 11) is -0.486. The third kappa shape index (κ3) is 5.19. The zero-order valence-electron chi connectivity index (χ0n) is 8.73. The van der Waals surface area contributed by atoms with Gasteiger partial charge in [-0.25, -0.2) is 0 Å². The van der Waals surface area contributed by atoms with E-state index in [-0.39, 0.29) is 5.41 Å². The second kappa shape index (κ2) is 4.05. The van der Waals surface area contributed by atoms with Crippen LogP contribution in [0.15, 0.2) is 4.99 Å². The highest BCUT2D eigenvalue weighted by molar-refractivity contribution is 6.56. The van der Waals surface area contributed by atoms with Crippen LogP contribution in [0.4, 0.5) is 0 Å². The first-order valence-electron chi connectivity index (χ1n) is 4.35. The number of hydrogen-bond donors (Lipinski definition) is 0. The van der Waals surface area contributed by atoms with E-state index in [4.69, 9.17) is 0 Å². The van der Waals surface area contributed by atoms with Crippen molar-refractivity contribution in [2.24, 2.45) is 10.4 Å². The van der Waals surface area contributed by atoms with E-state index in [1.54, 1.807) is 0 Å². The van der Waals surface area contributed by atoms with Gasteiger partial charge in [-0.1, -0.05) is 33.9 Å². The topological polar surface area (TPSA) is 12.4 Å². The summed E-state index contributed by atoms with van der Waals surface area (Å²) in [6.45, 7) is 13.4. The van der Waals surface area contributed by atoms with Gasteiger partial charge in [0.05, 0.1) is 8.80 Å². The van der Waals surface area contributed by atoms with Crippen LogP contribution in [0.5, 0.6) is 0 Å². The predicted octanol–water partition coefficient (Wildman–Crippen LogP) is 2.52. The fraction of sp³-hybridized carbons (Fsp3) is 0.889. The van der Waals surface area contributed by atoms with Gasteiger partial charge in [-0.05, 0) is 12.3 Å². The van der Waals surface area contributed by atoms with Gasteiger partial charge in [-0.2, -0.15) is 0 Å². The zero-order chi connectivity index (χ0) is 9.07. The van der Waals surface area contributed by atoms with Gasteiger partial charge in [0.1, 0.15) is 0 Å². The van der Waals surface area contributed by atoms with E-state index >= 15 is 0 Å². The van der Waals surface area contributed by atoms with Crippen LogP contribution in [0.25, 0.3) is 0 Å². The average molecular weight is 171 g/mol. The van der Waals surface area contributed by atoms with Crippen molar-refractivity contribution < 1.29 is 0 Å². The van der Waals surface area contributed by atoms with E-state index in [0.717, 1.165) is 6.17 Å². The molecule has 0 radical (unpaired) electrons. The molecular weight excluding hydrogens is 150 g/mol. The first-order valence-corrected chi connectivity index (χ1v) is 7.48. The standard InChI is InChI=1S/C9H21NSi/c1-8(9(2,3)4)10-7-11(5)6/h11H,7H2,1-6H3. The quantitative estimate of drug-likeness (QED) is 0.447. The second-order valence-electron chi connectivity index (χ2n) is 4.57. The molecule has 0 bridgehead atoms. The SMILES string of the molecule is CC(=NC[SiH](C)C)C(C)(C)C. The summed E-state index contributed by atoms with van der Waals surface area (Å²) in [4.78, 5) is 4.57. The number of nitrogens with zero attached hydrogens (tertiary/aromatic N) is 1. The summed E-state index contributed by atoms with van der Waals surface area (Å²) in [5.41, 5.74) is 1.56. The van der Waals surface area contributed by atoms with Crippen molar-refractivity contribution in [2.75, 3.05) is 6.17 Å². The van der Waals surface area contributed by atoms with E-state index in [1.807, 2.05) is 0 Å². The number of hydrogen-bond acceptors (Lipinski definition) is 1. The lowest BCUT2D eigenvalue weighted by Gasteiger charge is -2.18. The molecule has 0 unspecified atom stereocenters. The molecule has 1 nitrogen and oxygen atoms in total. The Balaban J connectivity index is 4.02. The summed E-state index contributed by atoms with van der Waals surface area (Å²) in [5.74, 6) is 0. The molecule has 0 fully saturated rings. The fourth-order valence-corrected chi connectivity index (χ4v) is 1.20.